The van der Waals surface area contributed by atoms with E-state index in [1.54, 1.807) is 0 Å². The molecular formula is C16H25NO2. The van der Waals surface area contributed by atoms with Crippen molar-refractivity contribution in [3.8, 4) is 5.75 Å². The SMILES string of the molecule is CCCOc1ccccc1C(NCC)C1CCCO1. The molecule has 0 radical (unpaired) electrons. The first-order chi connectivity index (χ1) is 9.36. The van der Waals surface area contributed by atoms with Crippen LogP contribution >= 0.6 is 0 Å². The summed E-state index contributed by atoms with van der Waals surface area (Å²) in [6.07, 6.45) is 3.58. The molecule has 0 amide bonds. The molecule has 3 nitrogen and oxygen atoms in total. The second-order valence-corrected chi connectivity index (χ2v) is 4.97. The Labute approximate surface area is 116 Å². The van der Waals surface area contributed by atoms with Crippen LogP contribution in [0.2, 0.25) is 0 Å². The van der Waals surface area contributed by atoms with E-state index in [0.29, 0.717) is 0 Å². The van der Waals surface area contributed by atoms with Gasteiger partial charge >= 0.3 is 0 Å². The summed E-state index contributed by atoms with van der Waals surface area (Å²) >= 11 is 0. The van der Waals surface area contributed by atoms with E-state index in [2.05, 4.69) is 37.4 Å². The van der Waals surface area contributed by atoms with Crippen molar-refractivity contribution in [1.82, 2.24) is 5.32 Å². The lowest BCUT2D eigenvalue weighted by Crippen LogP contribution is -2.32. The fraction of sp³-hybridized carbons (Fsp3) is 0.625. The molecule has 0 aromatic heterocycles. The summed E-state index contributed by atoms with van der Waals surface area (Å²) in [4.78, 5) is 0. The monoisotopic (exact) mass is 263 g/mol. The molecule has 1 aliphatic rings. The van der Waals surface area contributed by atoms with Gasteiger partial charge in [0.1, 0.15) is 5.75 Å². The highest BCUT2D eigenvalue weighted by atomic mass is 16.5. The molecule has 106 valence electrons. The molecule has 2 atom stereocenters. The first-order valence-electron chi connectivity index (χ1n) is 7.43. The van der Waals surface area contributed by atoms with Crippen molar-refractivity contribution in [3.05, 3.63) is 29.8 Å². The molecule has 0 spiro atoms. The Morgan fingerprint density at radius 1 is 1.37 bits per heavy atom. The maximum Gasteiger partial charge on any atom is 0.124 e. The highest BCUT2D eigenvalue weighted by molar-refractivity contribution is 5.36. The van der Waals surface area contributed by atoms with Crippen molar-refractivity contribution >= 4 is 0 Å². The fourth-order valence-corrected chi connectivity index (χ4v) is 2.61. The van der Waals surface area contributed by atoms with Crippen LogP contribution in [0.4, 0.5) is 0 Å². The van der Waals surface area contributed by atoms with E-state index in [1.165, 1.54) is 5.56 Å². The van der Waals surface area contributed by atoms with Crippen LogP contribution in [0.15, 0.2) is 24.3 Å². The zero-order chi connectivity index (χ0) is 13.5. The highest BCUT2D eigenvalue weighted by Gasteiger charge is 2.28. The molecule has 1 heterocycles. The number of hydrogen-bond acceptors (Lipinski definition) is 3. The van der Waals surface area contributed by atoms with Crippen molar-refractivity contribution in [3.63, 3.8) is 0 Å². The van der Waals surface area contributed by atoms with Crippen LogP contribution in [-0.2, 0) is 4.74 Å². The number of rotatable bonds is 7. The Morgan fingerprint density at radius 2 is 2.21 bits per heavy atom. The summed E-state index contributed by atoms with van der Waals surface area (Å²) in [5.41, 5.74) is 1.23. The minimum atomic E-state index is 0.237. The molecule has 1 aromatic rings. The Balaban J connectivity index is 2.19. The molecule has 19 heavy (non-hydrogen) atoms. The summed E-state index contributed by atoms with van der Waals surface area (Å²) in [5, 5.41) is 3.55. The molecule has 2 rings (SSSR count). The predicted molar refractivity (Wildman–Crippen MR) is 77.6 cm³/mol. The van der Waals surface area contributed by atoms with Crippen LogP contribution in [-0.4, -0.2) is 25.9 Å². The third kappa shape index (κ3) is 3.71. The maximum absolute atomic E-state index is 5.88. The highest BCUT2D eigenvalue weighted by Crippen LogP contribution is 2.32. The van der Waals surface area contributed by atoms with E-state index < -0.39 is 0 Å². The van der Waals surface area contributed by atoms with Gasteiger partial charge in [0.25, 0.3) is 0 Å². The molecular weight excluding hydrogens is 238 g/mol. The van der Waals surface area contributed by atoms with Gasteiger partial charge in [-0.3, -0.25) is 0 Å². The molecule has 1 aliphatic heterocycles. The van der Waals surface area contributed by atoms with Crippen LogP contribution in [0.3, 0.4) is 0 Å². The quantitative estimate of drug-likeness (QED) is 0.818. The molecule has 1 saturated heterocycles. The van der Waals surface area contributed by atoms with Crippen LogP contribution in [0.1, 0.15) is 44.7 Å². The van der Waals surface area contributed by atoms with Crippen LogP contribution in [0, 0.1) is 0 Å². The van der Waals surface area contributed by atoms with Crippen molar-refractivity contribution in [2.75, 3.05) is 19.8 Å². The van der Waals surface area contributed by atoms with Gasteiger partial charge in [-0.05, 0) is 31.9 Å². The van der Waals surface area contributed by atoms with Gasteiger partial charge in [0.2, 0.25) is 0 Å². The van der Waals surface area contributed by atoms with Crippen LogP contribution < -0.4 is 10.1 Å². The molecule has 2 unspecified atom stereocenters. The van der Waals surface area contributed by atoms with Gasteiger partial charge in [-0.15, -0.1) is 0 Å². The van der Waals surface area contributed by atoms with Gasteiger partial charge in [0.15, 0.2) is 0 Å². The second kappa shape index (κ2) is 7.51. The van der Waals surface area contributed by atoms with Gasteiger partial charge in [0.05, 0.1) is 18.8 Å². The number of ether oxygens (including phenoxy) is 2. The topological polar surface area (TPSA) is 30.5 Å². The molecule has 0 bridgehead atoms. The minimum Gasteiger partial charge on any atom is -0.493 e. The van der Waals surface area contributed by atoms with Gasteiger partial charge in [0, 0.05) is 12.2 Å². The summed E-state index contributed by atoms with van der Waals surface area (Å²) in [5.74, 6) is 0.991. The lowest BCUT2D eigenvalue weighted by molar-refractivity contribution is 0.0777. The van der Waals surface area contributed by atoms with Crippen LogP contribution in [0.5, 0.6) is 5.75 Å². The third-order valence-corrected chi connectivity index (χ3v) is 3.48. The summed E-state index contributed by atoms with van der Waals surface area (Å²) in [6.45, 7) is 6.85. The zero-order valence-electron chi connectivity index (χ0n) is 12.0. The second-order valence-electron chi connectivity index (χ2n) is 4.97. The van der Waals surface area contributed by atoms with Gasteiger partial charge in [-0.25, -0.2) is 0 Å². The zero-order valence-corrected chi connectivity index (χ0v) is 12.0. The van der Waals surface area contributed by atoms with Gasteiger partial charge in [-0.2, -0.15) is 0 Å². The first kappa shape index (κ1) is 14.4. The average molecular weight is 263 g/mol. The van der Waals surface area contributed by atoms with Crippen molar-refractivity contribution < 1.29 is 9.47 Å². The summed E-state index contributed by atoms with van der Waals surface area (Å²) in [6, 6.07) is 8.56. The number of hydrogen-bond donors (Lipinski definition) is 1. The first-order valence-corrected chi connectivity index (χ1v) is 7.43. The normalized spacial score (nSPS) is 20.4. The van der Waals surface area contributed by atoms with E-state index in [9.17, 15) is 0 Å². The van der Waals surface area contributed by atoms with Crippen molar-refractivity contribution in [2.24, 2.45) is 0 Å². The Kier molecular flexibility index (Phi) is 5.67. The number of nitrogens with one attached hydrogen (secondary N) is 1. The van der Waals surface area contributed by atoms with E-state index in [0.717, 1.165) is 44.8 Å². The van der Waals surface area contributed by atoms with E-state index in [1.807, 2.05) is 6.07 Å². The molecule has 1 aromatic carbocycles. The lowest BCUT2D eigenvalue weighted by atomic mass is 9.98. The summed E-state index contributed by atoms with van der Waals surface area (Å²) < 4.78 is 11.7. The lowest BCUT2D eigenvalue weighted by Gasteiger charge is -2.26. The number of para-hydroxylation sites is 1. The Bertz CT molecular complexity index is 375. The largest absolute Gasteiger partial charge is 0.493 e. The molecule has 3 heteroatoms. The number of likely N-dealkylation sites (N-methyl/N-ethyl adjacent to an activating group) is 1. The average Bonchev–Trinajstić information content (AvgIpc) is 2.97. The molecule has 1 fully saturated rings. The standard InChI is InChI=1S/C16H25NO2/c1-3-11-18-14-9-6-5-8-13(14)16(17-4-2)15-10-7-12-19-15/h5-6,8-9,15-17H,3-4,7,10-12H2,1-2H3. The third-order valence-electron chi connectivity index (χ3n) is 3.48. The molecule has 0 aliphatic carbocycles. The Hall–Kier alpha value is -1.06. The summed E-state index contributed by atoms with van der Waals surface area (Å²) in [7, 11) is 0. The predicted octanol–water partition coefficient (Wildman–Crippen LogP) is 3.31. The van der Waals surface area contributed by atoms with Crippen molar-refractivity contribution in [2.45, 2.75) is 45.3 Å². The van der Waals surface area contributed by atoms with Gasteiger partial charge < -0.3 is 14.8 Å². The van der Waals surface area contributed by atoms with Gasteiger partial charge in [-0.1, -0.05) is 32.0 Å². The van der Waals surface area contributed by atoms with E-state index in [4.69, 9.17) is 9.47 Å². The van der Waals surface area contributed by atoms with Crippen molar-refractivity contribution in [1.29, 1.82) is 0 Å². The van der Waals surface area contributed by atoms with E-state index >= 15 is 0 Å². The fourth-order valence-electron chi connectivity index (χ4n) is 2.61. The molecule has 0 saturated carbocycles. The van der Waals surface area contributed by atoms with Crippen LogP contribution in [0.25, 0.3) is 0 Å². The smallest absolute Gasteiger partial charge is 0.124 e. The van der Waals surface area contributed by atoms with E-state index in [-0.39, 0.29) is 12.1 Å². The molecule has 1 N–H and O–H groups in total. The minimum absolute atomic E-state index is 0.237. The Morgan fingerprint density at radius 3 is 2.89 bits per heavy atom. The maximum atomic E-state index is 5.88. The number of benzene rings is 1.